The van der Waals surface area contributed by atoms with Gasteiger partial charge in [-0.05, 0) is 20.8 Å². The Hall–Kier alpha value is -0.900. The van der Waals surface area contributed by atoms with E-state index in [0.717, 1.165) is 5.01 Å². The molecule has 0 aliphatic carbocycles. The summed E-state index contributed by atoms with van der Waals surface area (Å²) in [6.45, 7) is 5.61. The van der Waals surface area contributed by atoms with Crippen LogP contribution in [0, 0.1) is 0 Å². The molecule has 4 heteroatoms. The first-order chi connectivity index (χ1) is 6.47. The Morgan fingerprint density at radius 3 is 2.79 bits per heavy atom. The number of thiazole rings is 1. The SMILES string of the molecule is CC(C)(C)OC(=O)CCc1nccs1. The number of hydrogen-bond donors (Lipinski definition) is 0. The van der Waals surface area contributed by atoms with E-state index in [4.69, 9.17) is 4.74 Å². The van der Waals surface area contributed by atoms with Gasteiger partial charge in [0, 0.05) is 18.0 Å². The van der Waals surface area contributed by atoms with Crippen molar-refractivity contribution in [1.29, 1.82) is 0 Å². The zero-order valence-electron chi connectivity index (χ0n) is 8.74. The van der Waals surface area contributed by atoms with Crippen LogP contribution in [0.1, 0.15) is 32.2 Å². The first-order valence-electron chi connectivity index (χ1n) is 4.57. The third-order valence-corrected chi connectivity index (χ3v) is 2.29. The number of ether oxygens (including phenoxy) is 1. The van der Waals surface area contributed by atoms with E-state index < -0.39 is 0 Å². The van der Waals surface area contributed by atoms with Gasteiger partial charge >= 0.3 is 5.97 Å². The van der Waals surface area contributed by atoms with E-state index in [-0.39, 0.29) is 11.6 Å². The lowest BCUT2D eigenvalue weighted by Crippen LogP contribution is -2.23. The van der Waals surface area contributed by atoms with Gasteiger partial charge in [-0.3, -0.25) is 4.79 Å². The van der Waals surface area contributed by atoms with Crippen molar-refractivity contribution in [3.63, 3.8) is 0 Å². The van der Waals surface area contributed by atoms with Crippen LogP contribution in [0.15, 0.2) is 11.6 Å². The molecule has 3 nitrogen and oxygen atoms in total. The monoisotopic (exact) mass is 213 g/mol. The summed E-state index contributed by atoms with van der Waals surface area (Å²) >= 11 is 1.56. The number of nitrogens with zero attached hydrogens (tertiary/aromatic N) is 1. The Kier molecular flexibility index (Phi) is 3.63. The highest BCUT2D eigenvalue weighted by Gasteiger charge is 2.16. The van der Waals surface area contributed by atoms with Gasteiger partial charge in [0.15, 0.2) is 0 Å². The van der Waals surface area contributed by atoms with Gasteiger partial charge in [0.2, 0.25) is 0 Å². The molecule has 1 heterocycles. The standard InChI is InChI=1S/C10H15NO2S/c1-10(2,3)13-9(12)5-4-8-11-6-7-14-8/h6-7H,4-5H2,1-3H3. The van der Waals surface area contributed by atoms with Crippen LogP contribution in [-0.4, -0.2) is 16.6 Å². The molecular formula is C10H15NO2S. The zero-order chi connectivity index (χ0) is 10.6. The molecule has 0 spiro atoms. The smallest absolute Gasteiger partial charge is 0.306 e. The van der Waals surface area contributed by atoms with Crippen LogP contribution in [0.5, 0.6) is 0 Å². The van der Waals surface area contributed by atoms with Gasteiger partial charge in [-0.15, -0.1) is 11.3 Å². The lowest BCUT2D eigenvalue weighted by Gasteiger charge is -2.19. The topological polar surface area (TPSA) is 39.2 Å². The van der Waals surface area contributed by atoms with Crippen molar-refractivity contribution >= 4 is 17.3 Å². The van der Waals surface area contributed by atoms with E-state index in [0.29, 0.717) is 12.8 Å². The number of carbonyl (C=O) groups excluding carboxylic acids is 1. The lowest BCUT2D eigenvalue weighted by atomic mass is 10.2. The fourth-order valence-corrected chi connectivity index (χ4v) is 1.60. The van der Waals surface area contributed by atoms with Crippen LogP contribution in [0.4, 0.5) is 0 Å². The summed E-state index contributed by atoms with van der Waals surface area (Å²) in [5.41, 5.74) is -0.389. The molecule has 1 rings (SSSR count). The van der Waals surface area contributed by atoms with Crippen molar-refractivity contribution in [3.8, 4) is 0 Å². The summed E-state index contributed by atoms with van der Waals surface area (Å²) in [4.78, 5) is 15.4. The predicted octanol–water partition coefficient (Wildman–Crippen LogP) is 2.42. The second-order valence-electron chi connectivity index (χ2n) is 4.01. The van der Waals surface area contributed by atoms with Crippen LogP contribution in [0.25, 0.3) is 0 Å². The molecule has 0 N–H and O–H groups in total. The quantitative estimate of drug-likeness (QED) is 0.724. The maximum absolute atomic E-state index is 11.3. The Bertz CT molecular complexity index is 288. The normalized spacial score (nSPS) is 11.4. The molecular weight excluding hydrogens is 198 g/mol. The molecule has 1 aromatic rings. The first kappa shape index (κ1) is 11.2. The van der Waals surface area contributed by atoms with Crippen molar-refractivity contribution in [2.45, 2.75) is 39.2 Å². The number of aryl methyl sites for hydroxylation is 1. The fourth-order valence-electron chi connectivity index (χ4n) is 0.978. The van der Waals surface area contributed by atoms with E-state index in [1.807, 2.05) is 26.2 Å². The van der Waals surface area contributed by atoms with Gasteiger partial charge in [-0.1, -0.05) is 0 Å². The van der Waals surface area contributed by atoms with Crippen LogP contribution in [0.2, 0.25) is 0 Å². The van der Waals surface area contributed by atoms with Crippen molar-refractivity contribution in [2.24, 2.45) is 0 Å². The summed E-state index contributed by atoms with van der Waals surface area (Å²) in [5, 5.41) is 2.89. The minimum absolute atomic E-state index is 0.160. The minimum Gasteiger partial charge on any atom is -0.460 e. The van der Waals surface area contributed by atoms with E-state index >= 15 is 0 Å². The summed E-state index contributed by atoms with van der Waals surface area (Å²) in [7, 11) is 0. The van der Waals surface area contributed by atoms with Gasteiger partial charge in [0.05, 0.1) is 11.4 Å². The highest BCUT2D eigenvalue weighted by molar-refractivity contribution is 7.09. The van der Waals surface area contributed by atoms with Gasteiger partial charge in [-0.25, -0.2) is 4.98 Å². The summed E-state index contributed by atoms with van der Waals surface area (Å²) in [6.07, 6.45) is 2.83. The number of aromatic nitrogens is 1. The van der Waals surface area contributed by atoms with E-state index in [9.17, 15) is 4.79 Å². The molecule has 0 fully saturated rings. The average Bonchev–Trinajstić information content (AvgIpc) is 2.49. The Labute approximate surface area is 88.1 Å². The van der Waals surface area contributed by atoms with Crippen molar-refractivity contribution < 1.29 is 9.53 Å². The van der Waals surface area contributed by atoms with Gasteiger partial charge < -0.3 is 4.74 Å². The maximum atomic E-state index is 11.3. The van der Waals surface area contributed by atoms with Crippen molar-refractivity contribution in [2.75, 3.05) is 0 Å². The summed E-state index contributed by atoms with van der Waals surface area (Å²) < 4.78 is 5.17. The van der Waals surface area contributed by atoms with Gasteiger partial charge in [-0.2, -0.15) is 0 Å². The molecule has 0 unspecified atom stereocenters. The van der Waals surface area contributed by atoms with E-state index in [2.05, 4.69) is 4.98 Å². The first-order valence-corrected chi connectivity index (χ1v) is 5.45. The molecule has 0 aliphatic heterocycles. The number of hydrogen-bond acceptors (Lipinski definition) is 4. The largest absolute Gasteiger partial charge is 0.460 e. The second-order valence-corrected chi connectivity index (χ2v) is 4.99. The van der Waals surface area contributed by atoms with Crippen molar-refractivity contribution in [3.05, 3.63) is 16.6 Å². The Balaban J connectivity index is 2.29. The highest BCUT2D eigenvalue weighted by atomic mass is 32.1. The van der Waals surface area contributed by atoms with Crippen LogP contribution in [-0.2, 0) is 16.0 Å². The third-order valence-electron chi connectivity index (χ3n) is 1.45. The molecule has 0 saturated carbocycles. The number of esters is 1. The molecule has 0 radical (unpaired) electrons. The predicted molar refractivity (Wildman–Crippen MR) is 56.3 cm³/mol. The molecule has 0 atom stereocenters. The lowest BCUT2D eigenvalue weighted by molar-refractivity contribution is -0.154. The van der Waals surface area contributed by atoms with Gasteiger partial charge in [0.25, 0.3) is 0 Å². The zero-order valence-corrected chi connectivity index (χ0v) is 9.56. The van der Waals surface area contributed by atoms with Gasteiger partial charge in [0.1, 0.15) is 5.60 Å². The van der Waals surface area contributed by atoms with Crippen molar-refractivity contribution in [1.82, 2.24) is 4.98 Å². The molecule has 78 valence electrons. The second kappa shape index (κ2) is 4.55. The molecule has 0 bridgehead atoms. The third kappa shape index (κ3) is 4.37. The van der Waals surface area contributed by atoms with E-state index in [1.54, 1.807) is 17.5 Å². The van der Waals surface area contributed by atoms with Crippen LogP contribution in [0.3, 0.4) is 0 Å². The highest BCUT2D eigenvalue weighted by Crippen LogP contribution is 2.11. The number of carbonyl (C=O) groups is 1. The summed E-state index contributed by atoms with van der Waals surface area (Å²) in [5.74, 6) is -0.160. The minimum atomic E-state index is -0.389. The molecule has 0 aromatic carbocycles. The molecule has 1 aromatic heterocycles. The molecule has 0 amide bonds. The van der Waals surface area contributed by atoms with Crippen LogP contribution < -0.4 is 0 Å². The van der Waals surface area contributed by atoms with E-state index in [1.165, 1.54) is 0 Å². The average molecular weight is 213 g/mol. The molecule has 0 saturated heterocycles. The Morgan fingerprint density at radius 2 is 2.29 bits per heavy atom. The molecule has 0 aliphatic rings. The molecule has 14 heavy (non-hydrogen) atoms. The van der Waals surface area contributed by atoms with Crippen LogP contribution >= 0.6 is 11.3 Å². The maximum Gasteiger partial charge on any atom is 0.306 e. The number of rotatable bonds is 3. The fraction of sp³-hybridized carbons (Fsp3) is 0.600. The summed E-state index contributed by atoms with van der Waals surface area (Å²) in [6, 6.07) is 0. The Morgan fingerprint density at radius 1 is 1.57 bits per heavy atom.